The van der Waals surface area contributed by atoms with Gasteiger partial charge in [0.2, 0.25) is 0 Å². The van der Waals surface area contributed by atoms with E-state index in [1.165, 1.54) is 19.3 Å². The number of aromatic hydroxyl groups is 1. The fraction of sp³-hybridized carbons (Fsp3) is 0.100. The number of benzene rings is 1. The van der Waals surface area contributed by atoms with Crippen molar-refractivity contribution in [2.24, 2.45) is 0 Å². The van der Waals surface area contributed by atoms with Gasteiger partial charge in [0.25, 0.3) is 0 Å². The lowest BCUT2D eigenvalue weighted by atomic mass is 10.2. The molecule has 1 N–H and O–H groups in total. The molecule has 0 bridgehead atoms. The summed E-state index contributed by atoms with van der Waals surface area (Å²) in [4.78, 5) is 10.4. The Labute approximate surface area is 76.3 Å². The Bertz CT molecular complexity index is 329. The van der Waals surface area contributed by atoms with Crippen LogP contribution in [0.2, 0.25) is 0 Å². The number of phenolic OH excluding ortho intramolecular Hbond substituents is 1. The molecular formula is C10H10O3. The first-order valence-corrected chi connectivity index (χ1v) is 3.82. The Balaban J connectivity index is 2.68. The lowest BCUT2D eigenvalue weighted by Gasteiger charge is -1.96. The summed E-state index contributed by atoms with van der Waals surface area (Å²) in [5, 5.41) is 9.28. The van der Waals surface area contributed by atoms with Crippen LogP contribution in [0.5, 0.6) is 5.75 Å². The van der Waals surface area contributed by atoms with Crippen LogP contribution in [-0.2, 0) is 9.53 Å². The zero-order chi connectivity index (χ0) is 9.68. The van der Waals surface area contributed by atoms with E-state index in [1.807, 2.05) is 0 Å². The average Bonchev–Trinajstić information content (AvgIpc) is 2.08. The number of para-hydroxylation sites is 1. The van der Waals surface area contributed by atoms with Crippen molar-refractivity contribution in [1.29, 1.82) is 0 Å². The van der Waals surface area contributed by atoms with Gasteiger partial charge in [0.1, 0.15) is 5.75 Å². The molecule has 1 aromatic carbocycles. The van der Waals surface area contributed by atoms with Crippen molar-refractivity contribution in [3.05, 3.63) is 36.1 Å². The lowest BCUT2D eigenvalue weighted by molar-refractivity contribution is -0.135. The molecule has 13 heavy (non-hydrogen) atoms. The summed E-state index contributed by atoms with van der Waals surface area (Å²) in [6.07, 6.45) is 2.77. The third-order valence-corrected chi connectivity index (χ3v) is 1.42. The van der Waals surface area contributed by atoms with E-state index in [1.54, 1.807) is 24.3 Å². The molecule has 0 unspecified atom stereocenters. The SMILES string of the molecule is CC(=O)O/C=C/c1ccccc1O. The molecule has 0 aliphatic heterocycles. The van der Waals surface area contributed by atoms with Gasteiger partial charge in [0.15, 0.2) is 0 Å². The minimum Gasteiger partial charge on any atom is -0.507 e. The van der Waals surface area contributed by atoms with E-state index in [4.69, 9.17) is 0 Å². The van der Waals surface area contributed by atoms with E-state index in [2.05, 4.69) is 4.74 Å². The normalized spacial score (nSPS) is 10.2. The molecule has 0 fully saturated rings. The molecule has 3 heteroatoms. The number of esters is 1. The molecule has 0 saturated carbocycles. The van der Waals surface area contributed by atoms with Gasteiger partial charge in [0.05, 0.1) is 6.26 Å². The minimum absolute atomic E-state index is 0.158. The number of carbonyl (C=O) groups excluding carboxylic acids is 1. The highest BCUT2D eigenvalue weighted by Gasteiger charge is 1.93. The molecule has 0 radical (unpaired) electrons. The van der Waals surface area contributed by atoms with E-state index in [0.29, 0.717) is 5.56 Å². The first-order valence-electron chi connectivity index (χ1n) is 3.82. The summed E-state index contributed by atoms with van der Waals surface area (Å²) in [6, 6.07) is 6.79. The molecule has 0 saturated heterocycles. The van der Waals surface area contributed by atoms with E-state index >= 15 is 0 Å². The first-order chi connectivity index (χ1) is 6.20. The van der Waals surface area contributed by atoms with E-state index in [0.717, 1.165) is 0 Å². The van der Waals surface area contributed by atoms with Gasteiger partial charge in [-0.3, -0.25) is 4.79 Å². The molecule has 0 spiro atoms. The van der Waals surface area contributed by atoms with Crippen molar-refractivity contribution < 1.29 is 14.6 Å². The molecule has 0 amide bonds. The van der Waals surface area contributed by atoms with Crippen molar-refractivity contribution in [2.45, 2.75) is 6.92 Å². The molecular weight excluding hydrogens is 168 g/mol. The predicted octanol–water partition coefficient (Wildman–Crippen LogP) is 1.93. The summed E-state index contributed by atoms with van der Waals surface area (Å²) in [7, 11) is 0. The second-order valence-electron chi connectivity index (χ2n) is 2.47. The maximum atomic E-state index is 10.4. The highest BCUT2D eigenvalue weighted by molar-refractivity contribution is 5.68. The van der Waals surface area contributed by atoms with Crippen LogP contribution in [0.15, 0.2) is 30.5 Å². The largest absolute Gasteiger partial charge is 0.507 e. The summed E-state index contributed by atoms with van der Waals surface area (Å²) in [5.41, 5.74) is 0.615. The average molecular weight is 178 g/mol. The summed E-state index contributed by atoms with van der Waals surface area (Å²) >= 11 is 0. The Morgan fingerprint density at radius 1 is 1.46 bits per heavy atom. The van der Waals surface area contributed by atoms with Gasteiger partial charge in [-0.25, -0.2) is 0 Å². The molecule has 0 aliphatic carbocycles. The van der Waals surface area contributed by atoms with Crippen molar-refractivity contribution in [3.63, 3.8) is 0 Å². The third-order valence-electron chi connectivity index (χ3n) is 1.42. The summed E-state index contributed by atoms with van der Waals surface area (Å²) in [5.74, 6) is -0.224. The number of carbonyl (C=O) groups is 1. The minimum atomic E-state index is -0.383. The van der Waals surface area contributed by atoms with Gasteiger partial charge in [0, 0.05) is 12.5 Å². The standard InChI is InChI=1S/C10H10O3/c1-8(11)13-7-6-9-4-2-3-5-10(9)12/h2-7,12H,1H3/b7-6+. The monoisotopic (exact) mass is 178 g/mol. The maximum absolute atomic E-state index is 10.4. The molecule has 0 aliphatic rings. The van der Waals surface area contributed by atoms with Crippen LogP contribution in [0, 0.1) is 0 Å². The van der Waals surface area contributed by atoms with Gasteiger partial charge >= 0.3 is 5.97 Å². The zero-order valence-electron chi connectivity index (χ0n) is 7.23. The molecule has 3 nitrogen and oxygen atoms in total. The van der Waals surface area contributed by atoms with Gasteiger partial charge in [-0.15, -0.1) is 0 Å². The van der Waals surface area contributed by atoms with Crippen LogP contribution < -0.4 is 0 Å². The van der Waals surface area contributed by atoms with Crippen LogP contribution >= 0.6 is 0 Å². The maximum Gasteiger partial charge on any atom is 0.307 e. The number of phenols is 1. The fourth-order valence-electron chi connectivity index (χ4n) is 0.832. The highest BCUT2D eigenvalue weighted by atomic mass is 16.5. The predicted molar refractivity (Wildman–Crippen MR) is 48.9 cm³/mol. The molecule has 0 heterocycles. The second kappa shape index (κ2) is 4.30. The van der Waals surface area contributed by atoms with Crippen molar-refractivity contribution in [2.75, 3.05) is 0 Å². The summed E-state index contributed by atoms with van der Waals surface area (Å²) in [6.45, 7) is 1.31. The Kier molecular flexibility index (Phi) is 3.09. The van der Waals surface area contributed by atoms with E-state index < -0.39 is 0 Å². The Hall–Kier alpha value is -1.77. The second-order valence-corrected chi connectivity index (χ2v) is 2.47. The summed E-state index contributed by atoms with van der Waals surface area (Å²) < 4.78 is 4.57. The van der Waals surface area contributed by atoms with Crippen LogP contribution in [0.3, 0.4) is 0 Å². The van der Waals surface area contributed by atoms with Gasteiger partial charge in [-0.2, -0.15) is 0 Å². The van der Waals surface area contributed by atoms with E-state index in [9.17, 15) is 9.90 Å². The highest BCUT2D eigenvalue weighted by Crippen LogP contribution is 2.16. The fourth-order valence-corrected chi connectivity index (χ4v) is 0.832. The molecule has 1 rings (SSSR count). The van der Waals surface area contributed by atoms with E-state index in [-0.39, 0.29) is 11.7 Å². The topological polar surface area (TPSA) is 46.5 Å². The van der Waals surface area contributed by atoms with Gasteiger partial charge in [-0.1, -0.05) is 18.2 Å². The zero-order valence-corrected chi connectivity index (χ0v) is 7.23. The number of ether oxygens (including phenoxy) is 1. The van der Waals surface area contributed by atoms with Crippen LogP contribution in [0.1, 0.15) is 12.5 Å². The number of hydrogen-bond donors (Lipinski definition) is 1. The number of hydrogen-bond acceptors (Lipinski definition) is 3. The molecule has 0 aromatic heterocycles. The van der Waals surface area contributed by atoms with Gasteiger partial charge < -0.3 is 9.84 Å². The quantitative estimate of drug-likeness (QED) is 0.556. The van der Waals surface area contributed by atoms with Gasteiger partial charge in [-0.05, 0) is 12.1 Å². The van der Waals surface area contributed by atoms with Crippen LogP contribution in [0.25, 0.3) is 6.08 Å². The molecule has 68 valence electrons. The van der Waals surface area contributed by atoms with Crippen molar-refractivity contribution in [1.82, 2.24) is 0 Å². The van der Waals surface area contributed by atoms with Crippen LogP contribution in [-0.4, -0.2) is 11.1 Å². The van der Waals surface area contributed by atoms with Crippen molar-refractivity contribution in [3.8, 4) is 5.75 Å². The van der Waals surface area contributed by atoms with Crippen LogP contribution in [0.4, 0.5) is 0 Å². The Morgan fingerprint density at radius 3 is 2.77 bits per heavy atom. The molecule has 1 aromatic rings. The lowest BCUT2D eigenvalue weighted by Crippen LogP contribution is -1.89. The molecule has 0 atom stereocenters. The smallest absolute Gasteiger partial charge is 0.307 e. The van der Waals surface area contributed by atoms with Crippen molar-refractivity contribution >= 4 is 12.0 Å². The first kappa shape index (κ1) is 9.32. The Morgan fingerprint density at radius 2 is 2.15 bits per heavy atom. The third kappa shape index (κ3) is 2.99. The number of rotatable bonds is 2.